The Hall–Kier alpha value is -0.610. The number of hydrogen-bond donors (Lipinski definition) is 1. The van der Waals surface area contributed by atoms with Crippen LogP contribution in [0.15, 0.2) is 0 Å². The SMILES string of the molecule is CCCC1NC(C)C(=O)N1CCN(C)C(C)CC. The second-order valence-electron chi connectivity index (χ2n) is 5.46. The van der Waals surface area contributed by atoms with Crippen molar-refractivity contribution in [1.82, 2.24) is 15.1 Å². The van der Waals surface area contributed by atoms with Gasteiger partial charge in [-0.1, -0.05) is 20.3 Å². The Morgan fingerprint density at radius 1 is 1.44 bits per heavy atom. The van der Waals surface area contributed by atoms with Crippen LogP contribution >= 0.6 is 0 Å². The van der Waals surface area contributed by atoms with E-state index in [-0.39, 0.29) is 18.1 Å². The van der Waals surface area contributed by atoms with E-state index in [1.54, 1.807) is 0 Å². The second kappa shape index (κ2) is 7.10. The molecule has 0 spiro atoms. The molecular formula is C14H29N3O. The molecule has 18 heavy (non-hydrogen) atoms. The molecule has 0 aliphatic carbocycles. The van der Waals surface area contributed by atoms with Crippen LogP contribution in [0.3, 0.4) is 0 Å². The molecule has 4 nitrogen and oxygen atoms in total. The van der Waals surface area contributed by atoms with E-state index in [2.05, 4.69) is 38.0 Å². The van der Waals surface area contributed by atoms with Gasteiger partial charge in [-0.15, -0.1) is 0 Å². The van der Waals surface area contributed by atoms with Crippen LogP contribution in [-0.4, -0.2) is 54.1 Å². The minimum absolute atomic E-state index is 0.0181. The Bertz CT molecular complexity index is 270. The molecule has 1 rings (SSSR count). The molecule has 0 aromatic rings. The first-order valence-corrected chi connectivity index (χ1v) is 7.28. The van der Waals surface area contributed by atoms with Gasteiger partial charge in [0.15, 0.2) is 0 Å². The van der Waals surface area contributed by atoms with Crippen molar-refractivity contribution in [3.8, 4) is 0 Å². The van der Waals surface area contributed by atoms with Crippen LogP contribution < -0.4 is 5.32 Å². The quantitative estimate of drug-likeness (QED) is 0.751. The molecule has 0 radical (unpaired) electrons. The fourth-order valence-electron chi connectivity index (χ4n) is 2.43. The van der Waals surface area contributed by atoms with Crippen molar-refractivity contribution >= 4 is 5.91 Å². The number of rotatable bonds is 7. The molecule has 0 saturated carbocycles. The Morgan fingerprint density at radius 3 is 2.67 bits per heavy atom. The van der Waals surface area contributed by atoms with Crippen LogP contribution in [0.25, 0.3) is 0 Å². The Kier molecular flexibility index (Phi) is 6.09. The Balaban J connectivity index is 2.50. The number of carbonyl (C=O) groups excluding carboxylic acids is 1. The van der Waals surface area contributed by atoms with Gasteiger partial charge in [-0.3, -0.25) is 10.1 Å². The molecule has 1 saturated heterocycles. The molecular weight excluding hydrogens is 226 g/mol. The highest BCUT2D eigenvalue weighted by atomic mass is 16.2. The van der Waals surface area contributed by atoms with Gasteiger partial charge < -0.3 is 9.80 Å². The van der Waals surface area contributed by atoms with E-state index in [0.717, 1.165) is 32.4 Å². The van der Waals surface area contributed by atoms with Gasteiger partial charge in [0.2, 0.25) is 5.91 Å². The standard InChI is InChI=1S/C14H29N3O/c1-6-8-13-15-12(4)14(18)17(13)10-9-16(5)11(3)7-2/h11-13,15H,6-10H2,1-5H3. The zero-order chi connectivity index (χ0) is 13.7. The van der Waals surface area contributed by atoms with Crippen molar-refractivity contribution in [3.05, 3.63) is 0 Å². The fraction of sp³-hybridized carbons (Fsp3) is 0.929. The molecule has 3 unspecified atom stereocenters. The molecule has 1 fully saturated rings. The Morgan fingerprint density at radius 2 is 2.11 bits per heavy atom. The molecule has 3 atom stereocenters. The van der Waals surface area contributed by atoms with Gasteiger partial charge in [-0.25, -0.2) is 0 Å². The van der Waals surface area contributed by atoms with Gasteiger partial charge >= 0.3 is 0 Å². The highest BCUT2D eigenvalue weighted by Gasteiger charge is 2.35. The highest BCUT2D eigenvalue weighted by molar-refractivity contribution is 5.83. The van der Waals surface area contributed by atoms with Crippen LogP contribution in [0.5, 0.6) is 0 Å². The first kappa shape index (κ1) is 15.4. The maximum absolute atomic E-state index is 12.1. The number of carbonyl (C=O) groups is 1. The van der Waals surface area contributed by atoms with Crippen molar-refractivity contribution in [2.45, 2.75) is 65.2 Å². The molecule has 1 aliphatic rings. The Labute approximate surface area is 112 Å². The fourth-order valence-corrected chi connectivity index (χ4v) is 2.43. The van der Waals surface area contributed by atoms with Crippen LogP contribution in [0.1, 0.15) is 47.0 Å². The van der Waals surface area contributed by atoms with E-state index < -0.39 is 0 Å². The van der Waals surface area contributed by atoms with Gasteiger partial charge in [-0.05, 0) is 33.7 Å². The molecule has 0 aromatic heterocycles. The molecule has 0 aromatic carbocycles. The van der Waals surface area contributed by atoms with Gasteiger partial charge in [-0.2, -0.15) is 0 Å². The van der Waals surface area contributed by atoms with Crippen molar-refractivity contribution in [2.75, 3.05) is 20.1 Å². The maximum atomic E-state index is 12.1. The summed E-state index contributed by atoms with van der Waals surface area (Å²) in [6.45, 7) is 10.3. The minimum Gasteiger partial charge on any atom is -0.325 e. The number of likely N-dealkylation sites (N-methyl/N-ethyl adjacent to an activating group) is 1. The van der Waals surface area contributed by atoms with E-state index in [1.165, 1.54) is 0 Å². The molecule has 0 bridgehead atoms. The summed E-state index contributed by atoms with van der Waals surface area (Å²) in [6, 6.07) is 0.563. The molecule has 1 aliphatic heterocycles. The number of nitrogens with one attached hydrogen (secondary N) is 1. The van der Waals surface area contributed by atoms with Crippen molar-refractivity contribution < 1.29 is 4.79 Å². The molecule has 1 amide bonds. The van der Waals surface area contributed by atoms with Crippen molar-refractivity contribution in [1.29, 1.82) is 0 Å². The normalized spacial score (nSPS) is 26.1. The lowest BCUT2D eigenvalue weighted by Gasteiger charge is -2.29. The predicted octanol–water partition coefficient (Wildman–Crippen LogP) is 1.66. The predicted molar refractivity (Wildman–Crippen MR) is 75.4 cm³/mol. The molecule has 1 N–H and O–H groups in total. The summed E-state index contributed by atoms with van der Waals surface area (Å²) >= 11 is 0. The number of amides is 1. The van der Waals surface area contributed by atoms with E-state index in [9.17, 15) is 4.79 Å². The van der Waals surface area contributed by atoms with Crippen LogP contribution in [0.2, 0.25) is 0 Å². The summed E-state index contributed by atoms with van der Waals surface area (Å²) in [5, 5.41) is 3.38. The molecule has 4 heteroatoms. The lowest BCUT2D eigenvalue weighted by atomic mass is 10.2. The zero-order valence-electron chi connectivity index (χ0n) is 12.6. The number of hydrogen-bond acceptors (Lipinski definition) is 3. The minimum atomic E-state index is -0.0181. The summed E-state index contributed by atoms with van der Waals surface area (Å²) in [5.41, 5.74) is 0. The monoisotopic (exact) mass is 255 g/mol. The zero-order valence-corrected chi connectivity index (χ0v) is 12.6. The first-order valence-electron chi connectivity index (χ1n) is 7.28. The first-order chi connectivity index (χ1) is 8.51. The summed E-state index contributed by atoms with van der Waals surface area (Å²) in [5.74, 6) is 0.256. The van der Waals surface area contributed by atoms with Gasteiger partial charge in [0.1, 0.15) is 0 Å². The van der Waals surface area contributed by atoms with Crippen LogP contribution in [0, 0.1) is 0 Å². The van der Waals surface area contributed by atoms with E-state index in [1.807, 2.05) is 11.8 Å². The largest absolute Gasteiger partial charge is 0.325 e. The maximum Gasteiger partial charge on any atom is 0.240 e. The number of nitrogens with zero attached hydrogens (tertiary/aromatic N) is 2. The van der Waals surface area contributed by atoms with E-state index >= 15 is 0 Å². The average Bonchev–Trinajstić information content (AvgIpc) is 2.62. The van der Waals surface area contributed by atoms with Crippen LogP contribution in [-0.2, 0) is 4.79 Å². The summed E-state index contributed by atoms with van der Waals surface area (Å²) in [6.07, 6.45) is 3.54. The van der Waals surface area contributed by atoms with E-state index in [0.29, 0.717) is 6.04 Å². The molecule has 106 valence electrons. The van der Waals surface area contributed by atoms with Gasteiger partial charge in [0, 0.05) is 19.1 Å². The summed E-state index contributed by atoms with van der Waals surface area (Å²) in [7, 11) is 2.14. The lowest BCUT2D eigenvalue weighted by Crippen LogP contribution is -2.43. The second-order valence-corrected chi connectivity index (χ2v) is 5.46. The lowest BCUT2D eigenvalue weighted by molar-refractivity contribution is -0.130. The van der Waals surface area contributed by atoms with Gasteiger partial charge in [0.25, 0.3) is 0 Å². The van der Waals surface area contributed by atoms with Crippen molar-refractivity contribution in [3.63, 3.8) is 0 Å². The third kappa shape index (κ3) is 3.69. The third-order valence-corrected chi connectivity index (χ3v) is 4.07. The van der Waals surface area contributed by atoms with Crippen LogP contribution in [0.4, 0.5) is 0 Å². The summed E-state index contributed by atoms with van der Waals surface area (Å²) < 4.78 is 0. The topological polar surface area (TPSA) is 35.6 Å². The smallest absolute Gasteiger partial charge is 0.240 e. The molecule has 1 heterocycles. The summed E-state index contributed by atoms with van der Waals surface area (Å²) in [4.78, 5) is 16.4. The average molecular weight is 255 g/mol. The van der Waals surface area contributed by atoms with Crippen molar-refractivity contribution in [2.24, 2.45) is 0 Å². The van der Waals surface area contributed by atoms with E-state index in [4.69, 9.17) is 0 Å². The highest BCUT2D eigenvalue weighted by Crippen LogP contribution is 2.15. The van der Waals surface area contributed by atoms with Gasteiger partial charge in [0.05, 0.1) is 12.2 Å². The third-order valence-electron chi connectivity index (χ3n) is 4.07.